The molecule has 3 heterocycles. The molecule has 0 aromatic carbocycles. The van der Waals surface area contributed by atoms with Gasteiger partial charge in [0.2, 0.25) is 0 Å². The Morgan fingerprint density at radius 3 is 2.94 bits per heavy atom. The molecule has 1 aromatic heterocycles. The highest BCUT2D eigenvalue weighted by Crippen LogP contribution is 2.37. The number of fused-ring (bicyclic) bond motifs is 2. The summed E-state index contributed by atoms with van der Waals surface area (Å²) in [4.78, 5) is 10.3. The summed E-state index contributed by atoms with van der Waals surface area (Å²) >= 11 is 0. The first-order valence-corrected chi connectivity index (χ1v) is 7.35. The minimum absolute atomic E-state index is 0.597. The Morgan fingerprint density at radius 2 is 2.11 bits per heavy atom. The Balaban J connectivity index is 1.36. The first-order valence-electron chi connectivity index (χ1n) is 7.35. The minimum Gasteiger partial charge on any atom is -0.347 e. The third kappa shape index (κ3) is 1.88. The Hall–Kier alpha value is -0.870. The van der Waals surface area contributed by atoms with Gasteiger partial charge in [-0.15, -0.1) is 0 Å². The fourth-order valence-corrected chi connectivity index (χ4v) is 4.15. The third-order valence-corrected chi connectivity index (χ3v) is 5.10. The van der Waals surface area contributed by atoms with E-state index in [1.807, 2.05) is 6.33 Å². The van der Waals surface area contributed by atoms with Gasteiger partial charge in [-0.05, 0) is 24.7 Å². The molecule has 4 rings (SSSR count). The number of rotatable bonds is 2. The fraction of sp³-hybridized carbons (Fsp3) is 0.786. The van der Waals surface area contributed by atoms with Crippen molar-refractivity contribution in [2.45, 2.75) is 38.3 Å². The van der Waals surface area contributed by atoms with Crippen molar-refractivity contribution in [3.8, 4) is 0 Å². The van der Waals surface area contributed by atoms with Crippen LogP contribution in [0, 0.1) is 11.8 Å². The second kappa shape index (κ2) is 4.35. The quantitative estimate of drug-likeness (QED) is 0.823. The molecule has 3 unspecified atom stereocenters. The van der Waals surface area contributed by atoms with Gasteiger partial charge in [0.25, 0.3) is 0 Å². The van der Waals surface area contributed by atoms with Crippen molar-refractivity contribution in [3.63, 3.8) is 0 Å². The van der Waals surface area contributed by atoms with Crippen molar-refractivity contribution < 1.29 is 0 Å². The standard InChI is InChI=1S/C14H22N4/c1-2-10-6-18(7-11(10)3-1)8-12-4-13-14(5-15-12)17-9-16-13/h9-12,15H,1-8H2,(H,16,17). The number of likely N-dealkylation sites (tertiary alicyclic amines) is 1. The zero-order valence-electron chi connectivity index (χ0n) is 10.9. The van der Waals surface area contributed by atoms with Crippen LogP contribution in [0.1, 0.15) is 30.7 Å². The molecule has 2 fully saturated rings. The molecule has 1 aliphatic carbocycles. The maximum atomic E-state index is 4.42. The van der Waals surface area contributed by atoms with E-state index in [9.17, 15) is 0 Å². The van der Waals surface area contributed by atoms with Crippen LogP contribution in [0.5, 0.6) is 0 Å². The molecule has 0 spiro atoms. The van der Waals surface area contributed by atoms with Gasteiger partial charge in [-0.3, -0.25) is 0 Å². The molecule has 3 atom stereocenters. The topological polar surface area (TPSA) is 44.0 Å². The average Bonchev–Trinajstić information content (AvgIpc) is 3.02. The Labute approximate surface area is 108 Å². The van der Waals surface area contributed by atoms with Gasteiger partial charge in [-0.2, -0.15) is 0 Å². The van der Waals surface area contributed by atoms with Crippen LogP contribution in [0.4, 0.5) is 0 Å². The van der Waals surface area contributed by atoms with Gasteiger partial charge < -0.3 is 15.2 Å². The first kappa shape index (κ1) is 11.0. The molecular weight excluding hydrogens is 224 g/mol. The monoisotopic (exact) mass is 246 g/mol. The van der Waals surface area contributed by atoms with Crippen molar-refractivity contribution in [2.24, 2.45) is 11.8 Å². The second-order valence-corrected chi connectivity index (χ2v) is 6.28. The molecule has 0 amide bonds. The number of aromatic amines is 1. The molecule has 4 heteroatoms. The number of hydrogen-bond donors (Lipinski definition) is 2. The van der Waals surface area contributed by atoms with Crippen molar-refractivity contribution in [1.29, 1.82) is 0 Å². The summed E-state index contributed by atoms with van der Waals surface area (Å²) < 4.78 is 0. The van der Waals surface area contributed by atoms with Crippen LogP contribution in [0.2, 0.25) is 0 Å². The van der Waals surface area contributed by atoms with E-state index in [1.165, 1.54) is 50.3 Å². The van der Waals surface area contributed by atoms with Crippen molar-refractivity contribution in [1.82, 2.24) is 20.2 Å². The SMILES string of the molecule is c1nc2c([nH]1)CNC(CN1CC3CCCC3C1)C2. The lowest BCUT2D eigenvalue weighted by Gasteiger charge is -2.28. The lowest BCUT2D eigenvalue weighted by Crippen LogP contribution is -2.44. The van der Waals surface area contributed by atoms with E-state index in [2.05, 4.69) is 20.2 Å². The summed E-state index contributed by atoms with van der Waals surface area (Å²) in [7, 11) is 0. The van der Waals surface area contributed by atoms with Gasteiger partial charge in [0.1, 0.15) is 0 Å². The minimum atomic E-state index is 0.597. The number of aromatic nitrogens is 2. The van der Waals surface area contributed by atoms with Gasteiger partial charge in [0, 0.05) is 38.6 Å². The van der Waals surface area contributed by atoms with Gasteiger partial charge in [-0.1, -0.05) is 6.42 Å². The molecule has 1 aromatic rings. The van der Waals surface area contributed by atoms with Gasteiger partial charge in [0.15, 0.2) is 0 Å². The highest BCUT2D eigenvalue weighted by molar-refractivity contribution is 5.16. The average molecular weight is 246 g/mol. The number of imidazole rings is 1. The summed E-state index contributed by atoms with van der Waals surface area (Å²) in [5.74, 6) is 2.02. The van der Waals surface area contributed by atoms with E-state index in [4.69, 9.17) is 0 Å². The molecule has 3 aliphatic rings. The van der Waals surface area contributed by atoms with E-state index < -0.39 is 0 Å². The largest absolute Gasteiger partial charge is 0.347 e. The van der Waals surface area contributed by atoms with E-state index in [0.717, 1.165) is 24.8 Å². The van der Waals surface area contributed by atoms with Crippen LogP contribution in [0.25, 0.3) is 0 Å². The Kier molecular flexibility index (Phi) is 2.66. The van der Waals surface area contributed by atoms with Crippen molar-refractivity contribution in [2.75, 3.05) is 19.6 Å². The molecular formula is C14H22N4. The summed E-state index contributed by atoms with van der Waals surface area (Å²) in [6.07, 6.45) is 7.34. The summed E-state index contributed by atoms with van der Waals surface area (Å²) in [6, 6.07) is 0.597. The molecule has 4 nitrogen and oxygen atoms in total. The van der Waals surface area contributed by atoms with Crippen LogP contribution in [-0.4, -0.2) is 40.5 Å². The maximum Gasteiger partial charge on any atom is 0.0925 e. The van der Waals surface area contributed by atoms with E-state index in [-0.39, 0.29) is 0 Å². The zero-order chi connectivity index (χ0) is 11.9. The Morgan fingerprint density at radius 1 is 1.28 bits per heavy atom. The van der Waals surface area contributed by atoms with E-state index >= 15 is 0 Å². The molecule has 1 saturated carbocycles. The summed E-state index contributed by atoms with van der Waals surface area (Å²) in [6.45, 7) is 4.85. The highest BCUT2D eigenvalue weighted by atomic mass is 15.2. The normalized spacial score (nSPS) is 35.7. The lowest BCUT2D eigenvalue weighted by atomic mass is 10.0. The molecule has 2 N–H and O–H groups in total. The lowest BCUT2D eigenvalue weighted by molar-refractivity contribution is 0.263. The van der Waals surface area contributed by atoms with Gasteiger partial charge >= 0.3 is 0 Å². The predicted molar refractivity (Wildman–Crippen MR) is 70.2 cm³/mol. The smallest absolute Gasteiger partial charge is 0.0925 e. The van der Waals surface area contributed by atoms with Crippen molar-refractivity contribution in [3.05, 3.63) is 17.7 Å². The molecule has 0 bridgehead atoms. The molecule has 98 valence electrons. The van der Waals surface area contributed by atoms with Crippen LogP contribution < -0.4 is 5.32 Å². The predicted octanol–water partition coefficient (Wildman–Crippen LogP) is 1.16. The summed E-state index contributed by atoms with van der Waals surface area (Å²) in [5, 5.41) is 3.64. The highest BCUT2D eigenvalue weighted by Gasteiger charge is 2.36. The van der Waals surface area contributed by atoms with Crippen LogP contribution >= 0.6 is 0 Å². The number of hydrogen-bond acceptors (Lipinski definition) is 3. The summed E-state index contributed by atoms with van der Waals surface area (Å²) in [5.41, 5.74) is 2.56. The first-order chi connectivity index (χ1) is 8.88. The fourth-order valence-electron chi connectivity index (χ4n) is 4.15. The molecule has 1 saturated heterocycles. The molecule has 0 radical (unpaired) electrons. The van der Waals surface area contributed by atoms with Crippen LogP contribution in [0.15, 0.2) is 6.33 Å². The van der Waals surface area contributed by atoms with Gasteiger partial charge in [0.05, 0.1) is 17.7 Å². The number of nitrogens with zero attached hydrogens (tertiary/aromatic N) is 2. The molecule has 2 aliphatic heterocycles. The van der Waals surface area contributed by atoms with Crippen molar-refractivity contribution >= 4 is 0 Å². The number of nitrogens with one attached hydrogen (secondary N) is 2. The van der Waals surface area contributed by atoms with E-state index in [1.54, 1.807) is 0 Å². The van der Waals surface area contributed by atoms with Crippen LogP contribution in [0.3, 0.4) is 0 Å². The van der Waals surface area contributed by atoms with E-state index in [0.29, 0.717) is 6.04 Å². The third-order valence-electron chi connectivity index (χ3n) is 5.10. The van der Waals surface area contributed by atoms with Crippen LogP contribution in [-0.2, 0) is 13.0 Å². The zero-order valence-corrected chi connectivity index (χ0v) is 10.9. The number of H-pyrrole nitrogens is 1. The van der Waals surface area contributed by atoms with Gasteiger partial charge in [-0.25, -0.2) is 4.98 Å². The second-order valence-electron chi connectivity index (χ2n) is 6.28. The maximum absolute atomic E-state index is 4.42. The Bertz CT molecular complexity index is 415. The molecule has 18 heavy (non-hydrogen) atoms.